The van der Waals surface area contributed by atoms with Crippen molar-refractivity contribution in [3.05, 3.63) is 12.3 Å². The van der Waals surface area contributed by atoms with Crippen LogP contribution in [-0.4, -0.2) is 16.2 Å². The van der Waals surface area contributed by atoms with Gasteiger partial charge in [0.1, 0.15) is 0 Å². The molecule has 0 aromatic carbocycles. The van der Waals surface area contributed by atoms with Crippen LogP contribution in [0.15, 0.2) is 12.3 Å². The Labute approximate surface area is 61.0 Å². The third kappa shape index (κ3) is 27.9. The molecule has 0 radical (unpaired) electrons. The first-order valence-corrected chi connectivity index (χ1v) is 2.95. The van der Waals surface area contributed by atoms with Gasteiger partial charge in [0.25, 0.3) is 5.97 Å². The van der Waals surface area contributed by atoms with E-state index in [1.807, 2.05) is 13.8 Å². The van der Waals surface area contributed by atoms with Crippen LogP contribution in [0.1, 0.15) is 20.8 Å². The molecule has 0 atom stereocenters. The molecule has 0 aliphatic heterocycles. The van der Waals surface area contributed by atoms with Gasteiger partial charge in [-0.3, -0.25) is 4.79 Å². The van der Waals surface area contributed by atoms with Crippen LogP contribution in [0.25, 0.3) is 0 Å². The van der Waals surface area contributed by atoms with Crippen LogP contribution >= 0.6 is 0 Å². The fourth-order valence-electron chi connectivity index (χ4n) is 0. The zero-order valence-electron chi connectivity index (χ0n) is 6.59. The summed E-state index contributed by atoms with van der Waals surface area (Å²) in [5, 5.41) is 15.9. The summed E-state index contributed by atoms with van der Waals surface area (Å²) in [5.41, 5.74) is 0. The SMILES string of the molecule is C=C(O)C(C)C.CC(=O)O. The first-order valence-electron chi connectivity index (χ1n) is 2.95. The van der Waals surface area contributed by atoms with Gasteiger partial charge < -0.3 is 10.2 Å². The van der Waals surface area contributed by atoms with Crippen molar-refractivity contribution in [2.75, 3.05) is 0 Å². The molecule has 2 N–H and O–H groups in total. The predicted molar refractivity (Wildman–Crippen MR) is 39.9 cm³/mol. The van der Waals surface area contributed by atoms with Gasteiger partial charge in [-0.25, -0.2) is 0 Å². The second-order valence-corrected chi connectivity index (χ2v) is 2.17. The fourth-order valence-corrected chi connectivity index (χ4v) is 0. The monoisotopic (exact) mass is 146 g/mol. The van der Waals surface area contributed by atoms with Crippen LogP contribution in [0.2, 0.25) is 0 Å². The summed E-state index contributed by atoms with van der Waals surface area (Å²) in [4.78, 5) is 9.00. The molecule has 0 aromatic rings. The van der Waals surface area contributed by atoms with Gasteiger partial charge >= 0.3 is 0 Å². The van der Waals surface area contributed by atoms with Crippen LogP contribution in [0.3, 0.4) is 0 Å². The Morgan fingerprint density at radius 1 is 1.40 bits per heavy atom. The molecule has 0 aliphatic rings. The van der Waals surface area contributed by atoms with Gasteiger partial charge in [0.05, 0.1) is 5.76 Å². The van der Waals surface area contributed by atoms with Crippen molar-refractivity contribution in [2.24, 2.45) is 5.92 Å². The van der Waals surface area contributed by atoms with Gasteiger partial charge in [-0.05, 0) is 0 Å². The Morgan fingerprint density at radius 2 is 1.50 bits per heavy atom. The highest BCUT2D eigenvalue weighted by atomic mass is 16.4. The molecular weight excluding hydrogens is 132 g/mol. The second kappa shape index (κ2) is 6.13. The molecule has 0 amide bonds. The maximum absolute atomic E-state index is 9.00. The number of rotatable bonds is 1. The zero-order valence-corrected chi connectivity index (χ0v) is 6.59. The molecule has 0 aliphatic carbocycles. The van der Waals surface area contributed by atoms with Crippen LogP contribution in [0.4, 0.5) is 0 Å². The van der Waals surface area contributed by atoms with Crippen LogP contribution < -0.4 is 0 Å². The lowest BCUT2D eigenvalue weighted by Gasteiger charge is -1.96. The standard InChI is InChI=1S/C5H10O.C2H4O2/c1-4(2)5(3)6;1-2(3)4/h4,6H,3H2,1-2H3;1H3,(H,3,4). The number of carbonyl (C=O) groups is 1. The second-order valence-electron chi connectivity index (χ2n) is 2.17. The number of hydrogen-bond acceptors (Lipinski definition) is 2. The first kappa shape index (κ1) is 11.8. The van der Waals surface area contributed by atoms with E-state index in [1.54, 1.807) is 0 Å². The van der Waals surface area contributed by atoms with E-state index >= 15 is 0 Å². The van der Waals surface area contributed by atoms with E-state index in [9.17, 15) is 0 Å². The molecule has 0 fully saturated rings. The van der Waals surface area contributed by atoms with Crippen LogP contribution in [0, 0.1) is 5.92 Å². The smallest absolute Gasteiger partial charge is 0.300 e. The van der Waals surface area contributed by atoms with Crippen molar-refractivity contribution in [1.82, 2.24) is 0 Å². The fraction of sp³-hybridized carbons (Fsp3) is 0.571. The molecular formula is C7H14O3. The highest BCUT2D eigenvalue weighted by molar-refractivity contribution is 5.62. The van der Waals surface area contributed by atoms with E-state index in [4.69, 9.17) is 15.0 Å². The van der Waals surface area contributed by atoms with Gasteiger partial charge in [0, 0.05) is 12.8 Å². The Morgan fingerprint density at radius 3 is 1.50 bits per heavy atom. The molecule has 0 unspecified atom stereocenters. The number of carboxylic acid groups (broad SMARTS) is 1. The summed E-state index contributed by atoms with van der Waals surface area (Å²) in [5.74, 6) is -0.361. The van der Waals surface area contributed by atoms with Gasteiger partial charge in [-0.1, -0.05) is 20.4 Å². The Balaban J connectivity index is 0. The van der Waals surface area contributed by atoms with E-state index in [0.29, 0.717) is 0 Å². The van der Waals surface area contributed by atoms with E-state index in [2.05, 4.69) is 6.58 Å². The molecule has 0 saturated heterocycles. The van der Waals surface area contributed by atoms with E-state index in [1.165, 1.54) is 0 Å². The minimum absolute atomic E-state index is 0.213. The van der Waals surface area contributed by atoms with Crippen molar-refractivity contribution in [3.8, 4) is 0 Å². The minimum Gasteiger partial charge on any atom is -0.513 e. The molecule has 0 heterocycles. The Hall–Kier alpha value is -0.990. The summed E-state index contributed by atoms with van der Waals surface area (Å²) >= 11 is 0. The normalized spacial score (nSPS) is 8.00. The van der Waals surface area contributed by atoms with Gasteiger partial charge in [-0.2, -0.15) is 0 Å². The summed E-state index contributed by atoms with van der Waals surface area (Å²) in [6.07, 6.45) is 0. The van der Waals surface area contributed by atoms with Gasteiger partial charge in [0.15, 0.2) is 0 Å². The van der Waals surface area contributed by atoms with E-state index in [0.717, 1.165) is 6.92 Å². The van der Waals surface area contributed by atoms with E-state index in [-0.39, 0.29) is 11.7 Å². The first-order chi connectivity index (χ1) is 4.37. The molecule has 0 aromatic heterocycles. The average Bonchev–Trinajstić information content (AvgIpc) is 1.63. The molecule has 0 spiro atoms. The Kier molecular flexibility index (Phi) is 7.22. The quantitative estimate of drug-likeness (QED) is 0.554. The summed E-state index contributed by atoms with van der Waals surface area (Å²) in [7, 11) is 0. The zero-order chi connectivity index (χ0) is 8.73. The lowest BCUT2D eigenvalue weighted by atomic mass is 10.2. The molecule has 3 heteroatoms. The summed E-state index contributed by atoms with van der Waals surface area (Å²) in [6, 6.07) is 0. The number of aliphatic hydroxyl groups excluding tert-OH is 1. The van der Waals surface area contributed by atoms with Crippen molar-refractivity contribution < 1.29 is 15.0 Å². The summed E-state index contributed by atoms with van der Waals surface area (Å²) < 4.78 is 0. The number of hydrogen-bond donors (Lipinski definition) is 2. The molecule has 0 rings (SSSR count). The van der Waals surface area contributed by atoms with Crippen molar-refractivity contribution in [1.29, 1.82) is 0 Å². The molecule has 0 bridgehead atoms. The number of carboxylic acids is 1. The molecule has 3 nitrogen and oxygen atoms in total. The third-order valence-corrected chi connectivity index (χ3v) is 0.666. The van der Waals surface area contributed by atoms with Crippen LogP contribution in [0.5, 0.6) is 0 Å². The predicted octanol–water partition coefficient (Wildman–Crippen LogP) is 1.80. The van der Waals surface area contributed by atoms with Crippen molar-refractivity contribution >= 4 is 5.97 Å². The van der Waals surface area contributed by atoms with Crippen LogP contribution in [-0.2, 0) is 4.79 Å². The summed E-state index contributed by atoms with van der Waals surface area (Å²) in [6.45, 7) is 8.18. The maximum Gasteiger partial charge on any atom is 0.300 e. The number of aliphatic carboxylic acids is 1. The molecule has 0 saturated carbocycles. The highest BCUT2D eigenvalue weighted by Gasteiger charge is 1.91. The molecule has 60 valence electrons. The van der Waals surface area contributed by atoms with E-state index < -0.39 is 5.97 Å². The van der Waals surface area contributed by atoms with Crippen molar-refractivity contribution in [2.45, 2.75) is 20.8 Å². The largest absolute Gasteiger partial charge is 0.513 e. The minimum atomic E-state index is -0.833. The highest BCUT2D eigenvalue weighted by Crippen LogP contribution is 1.99. The lowest BCUT2D eigenvalue weighted by Crippen LogP contribution is -1.87. The maximum atomic E-state index is 9.00. The number of allylic oxidation sites excluding steroid dienone is 1. The van der Waals surface area contributed by atoms with Crippen molar-refractivity contribution in [3.63, 3.8) is 0 Å². The lowest BCUT2D eigenvalue weighted by molar-refractivity contribution is -0.134. The average molecular weight is 146 g/mol. The third-order valence-electron chi connectivity index (χ3n) is 0.666. The van der Waals surface area contributed by atoms with Gasteiger partial charge in [0.2, 0.25) is 0 Å². The van der Waals surface area contributed by atoms with Gasteiger partial charge in [-0.15, -0.1) is 0 Å². The molecule has 10 heavy (non-hydrogen) atoms. The Bertz CT molecular complexity index is 112. The number of aliphatic hydroxyl groups is 1. The topological polar surface area (TPSA) is 57.5 Å².